The van der Waals surface area contributed by atoms with Gasteiger partial charge in [0.1, 0.15) is 0 Å². The van der Waals surface area contributed by atoms with E-state index in [4.69, 9.17) is 11.6 Å². The monoisotopic (exact) mass is 490 g/mol. The van der Waals surface area contributed by atoms with Gasteiger partial charge in [0.2, 0.25) is 0 Å². The van der Waals surface area contributed by atoms with Gasteiger partial charge in [-0.05, 0) is 49.2 Å². The minimum Gasteiger partial charge on any atom is -0.339 e. The molecule has 0 unspecified atom stereocenters. The van der Waals surface area contributed by atoms with Crippen LogP contribution in [0, 0.1) is 0 Å². The molecule has 1 heterocycles. The van der Waals surface area contributed by atoms with Gasteiger partial charge in [-0.2, -0.15) is 0 Å². The number of hydrogen-bond donors (Lipinski definition) is 3. The molecule has 0 radical (unpaired) electrons. The Bertz CT molecular complexity index is 1440. The van der Waals surface area contributed by atoms with Crippen LogP contribution in [0.25, 0.3) is 10.9 Å². The SMILES string of the molecule is CN(C(=O)c1ccc(NS(=O)(=O)c2ccc3[nH]c(=O)[nH]c(=O)c3c2)cc1Cl)C1CCCCC1. The molecule has 4 rings (SSSR count). The smallest absolute Gasteiger partial charge is 0.326 e. The second-order valence-corrected chi connectivity index (χ2v) is 10.2. The van der Waals surface area contributed by atoms with E-state index in [1.165, 1.54) is 42.8 Å². The second-order valence-electron chi connectivity index (χ2n) is 8.12. The number of rotatable bonds is 5. The topological polar surface area (TPSA) is 132 Å². The highest BCUT2D eigenvalue weighted by molar-refractivity contribution is 7.92. The molecule has 3 N–H and O–H groups in total. The fourth-order valence-electron chi connectivity index (χ4n) is 4.10. The van der Waals surface area contributed by atoms with Crippen LogP contribution in [0.15, 0.2) is 50.9 Å². The number of H-pyrrole nitrogens is 2. The Balaban J connectivity index is 1.57. The van der Waals surface area contributed by atoms with Crippen LogP contribution in [0.2, 0.25) is 5.02 Å². The highest BCUT2D eigenvalue weighted by Gasteiger charge is 2.25. The Labute approximate surface area is 194 Å². The maximum Gasteiger partial charge on any atom is 0.326 e. The fourth-order valence-corrected chi connectivity index (χ4v) is 5.44. The summed E-state index contributed by atoms with van der Waals surface area (Å²) in [5, 5.41) is 0.164. The van der Waals surface area contributed by atoms with Crippen molar-refractivity contribution in [3.63, 3.8) is 0 Å². The first kappa shape index (κ1) is 23.1. The minimum absolute atomic E-state index is 0.0298. The number of sulfonamides is 1. The van der Waals surface area contributed by atoms with E-state index in [9.17, 15) is 22.8 Å². The predicted octanol–water partition coefficient (Wildman–Crippen LogP) is 3.08. The van der Waals surface area contributed by atoms with Crippen molar-refractivity contribution in [1.82, 2.24) is 14.9 Å². The van der Waals surface area contributed by atoms with Crippen molar-refractivity contribution >= 4 is 44.1 Å². The number of nitrogens with zero attached hydrogens (tertiary/aromatic N) is 1. The molecule has 0 aliphatic heterocycles. The first-order chi connectivity index (χ1) is 15.7. The lowest BCUT2D eigenvalue weighted by Crippen LogP contribution is -2.38. The van der Waals surface area contributed by atoms with E-state index >= 15 is 0 Å². The molecule has 0 atom stereocenters. The van der Waals surface area contributed by atoms with Crippen LogP contribution in [0.5, 0.6) is 0 Å². The summed E-state index contributed by atoms with van der Waals surface area (Å²) in [6, 6.07) is 8.31. The van der Waals surface area contributed by atoms with Crippen molar-refractivity contribution in [3.05, 3.63) is 67.8 Å². The Morgan fingerprint density at radius 3 is 2.48 bits per heavy atom. The highest BCUT2D eigenvalue weighted by Crippen LogP contribution is 2.27. The molecular weight excluding hydrogens is 468 g/mol. The molecule has 1 aromatic heterocycles. The lowest BCUT2D eigenvalue weighted by molar-refractivity contribution is 0.0696. The van der Waals surface area contributed by atoms with Crippen LogP contribution in [0.3, 0.4) is 0 Å². The maximum absolute atomic E-state index is 12.9. The number of amides is 1. The first-order valence-corrected chi connectivity index (χ1v) is 12.4. The van der Waals surface area contributed by atoms with Crippen LogP contribution in [-0.2, 0) is 10.0 Å². The minimum atomic E-state index is -4.06. The molecular formula is C22H23ClN4O5S. The molecule has 3 aromatic rings. The molecule has 0 saturated heterocycles. The Kier molecular flexibility index (Phi) is 6.31. The fraction of sp³-hybridized carbons (Fsp3) is 0.318. The third-order valence-electron chi connectivity index (χ3n) is 5.92. The van der Waals surface area contributed by atoms with Crippen LogP contribution < -0.4 is 16.0 Å². The lowest BCUT2D eigenvalue weighted by atomic mass is 9.94. The van der Waals surface area contributed by atoms with E-state index in [0.717, 1.165) is 25.7 Å². The summed E-state index contributed by atoms with van der Waals surface area (Å²) in [7, 11) is -2.30. The lowest BCUT2D eigenvalue weighted by Gasteiger charge is -2.31. The zero-order valence-electron chi connectivity index (χ0n) is 17.9. The third kappa shape index (κ3) is 4.81. The van der Waals surface area contributed by atoms with Crippen LogP contribution >= 0.6 is 11.6 Å². The van der Waals surface area contributed by atoms with Crippen LogP contribution in [0.1, 0.15) is 42.5 Å². The van der Waals surface area contributed by atoms with Crippen LogP contribution in [0.4, 0.5) is 5.69 Å². The quantitative estimate of drug-likeness (QED) is 0.505. The molecule has 174 valence electrons. The average Bonchev–Trinajstić information content (AvgIpc) is 2.78. The number of fused-ring (bicyclic) bond motifs is 1. The molecule has 1 fully saturated rings. The van der Waals surface area contributed by atoms with E-state index in [0.29, 0.717) is 5.56 Å². The van der Waals surface area contributed by atoms with Gasteiger partial charge in [-0.3, -0.25) is 19.3 Å². The molecule has 1 aliphatic rings. The number of halogens is 1. The van der Waals surface area contributed by atoms with E-state index < -0.39 is 21.3 Å². The summed E-state index contributed by atoms with van der Waals surface area (Å²) in [4.78, 5) is 42.3. The first-order valence-electron chi connectivity index (χ1n) is 10.5. The summed E-state index contributed by atoms with van der Waals surface area (Å²) in [5.41, 5.74) is -0.685. The van der Waals surface area contributed by atoms with E-state index in [2.05, 4.69) is 14.7 Å². The number of carbonyl (C=O) groups is 1. The summed E-state index contributed by atoms with van der Waals surface area (Å²) in [5.74, 6) is -0.205. The van der Waals surface area contributed by atoms with Gasteiger partial charge in [0, 0.05) is 13.1 Å². The van der Waals surface area contributed by atoms with Gasteiger partial charge in [0.25, 0.3) is 21.5 Å². The number of aromatic amines is 2. The van der Waals surface area contributed by atoms with Gasteiger partial charge in [0.15, 0.2) is 0 Å². The van der Waals surface area contributed by atoms with Gasteiger partial charge in [-0.25, -0.2) is 13.2 Å². The summed E-state index contributed by atoms with van der Waals surface area (Å²) < 4.78 is 28.1. The number of carbonyl (C=O) groups excluding carboxylic acids is 1. The largest absolute Gasteiger partial charge is 0.339 e. The van der Waals surface area contributed by atoms with E-state index in [-0.39, 0.29) is 38.5 Å². The van der Waals surface area contributed by atoms with Gasteiger partial charge in [-0.15, -0.1) is 0 Å². The number of nitrogens with one attached hydrogen (secondary N) is 3. The van der Waals surface area contributed by atoms with Crippen molar-refractivity contribution in [2.45, 2.75) is 43.0 Å². The normalized spacial score (nSPS) is 14.8. The summed E-state index contributed by atoms with van der Waals surface area (Å²) in [6.45, 7) is 0. The molecule has 0 spiro atoms. The number of benzene rings is 2. The van der Waals surface area contributed by atoms with Gasteiger partial charge in [0.05, 0.1) is 32.1 Å². The van der Waals surface area contributed by atoms with E-state index in [1.54, 1.807) is 11.9 Å². The third-order valence-corrected chi connectivity index (χ3v) is 7.61. The number of aromatic nitrogens is 2. The zero-order valence-corrected chi connectivity index (χ0v) is 19.4. The number of anilines is 1. The summed E-state index contributed by atoms with van der Waals surface area (Å²) >= 11 is 6.33. The average molecular weight is 491 g/mol. The molecule has 0 bridgehead atoms. The Hall–Kier alpha value is -3.11. The van der Waals surface area contributed by atoms with Crippen molar-refractivity contribution in [1.29, 1.82) is 0 Å². The molecule has 1 aliphatic carbocycles. The maximum atomic E-state index is 12.9. The second kappa shape index (κ2) is 9.03. The van der Waals surface area contributed by atoms with Crippen LogP contribution in [-0.4, -0.2) is 42.3 Å². The standard InChI is InChI=1S/C22H23ClN4O5S/c1-27(14-5-3-2-4-6-14)21(29)16-9-7-13(11-18(16)23)26-33(31,32)15-8-10-19-17(12-15)20(28)25-22(30)24-19/h7-12,14,26H,2-6H2,1H3,(H2,24,25,28,30). The van der Waals surface area contributed by atoms with Gasteiger partial charge < -0.3 is 9.88 Å². The summed E-state index contributed by atoms with van der Waals surface area (Å²) in [6.07, 6.45) is 5.28. The van der Waals surface area contributed by atoms with Crippen molar-refractivity contribution in [2.75, 3.05) is 11.8 Å². The molecule has 9 nitrogen and oxygen atoms in total. The van der Waals surface area contributed by atoms with Crippen molar-refractivity contribution in [2.24, 2.45) is 0 Å². The Morgan fingerprint density at radius 2 is 1.79 bits per heavy atom. The molecule has 33 heavy (non-hydrogen) atoms. The van der Waals surface area contributed by atoms with Gasteiger partial charge in [-0.1, -0.05) is 30.9 Å². The van der Waals surface area contributed by atoms with E-state index in [1.807, 2.05) is 0 Å². The van der Waals surface area contributed by atoms with Crippen molar-refractivity contribution < 1.29 is 13.2 Å². The Morgan fingerprint density at radius 1 is 1.06 bits per heavy atom. The highest BCUT2D eigenvalue weighted by atomic mass is 35.5. The van der Waals surface area contributed by atoms with Crippen molar-refractivity contribution in [3.8, 4) is 0 Å². The zero-order chi connectivity index (χ0) is 23.8. The number of hydrogen-bond acceptors (Lipinski definition) is 5. The molecule has 1 amide bonds. The molecule has 11 heteroatoms. The molecule has 1 saturated carbocycles. The van der Waals surface area contributed by atoms with Gasteiger partial charge >= 0.3 is 5.69 Å². The predicted molar refractivity (Wildman–Crippen MR) is 126 cm³/mol. The molecule has 2 aromatic carbocycles.